The van der Waals surface area contributed by atoms with Crippen molar-refractivity contribution in [2.24, 2.45) is 0 Å². The maximum Gasteiger partial charge on any atom is 0.0755 e. The van der Waals surface area contributed by atoms with Crippen LogP contribution in [0.1, 0.15) is 39.5 Å². The van der Waals surface area contributed by atoms with Gasteiger partial charge in [0.1, 0.15) is 0 Å². The molecule has 2 aromatic rings. The topological polar surface area (TPSA) is 29.9 Å². The first kappa shape index (κ1) is 12.9. The maximum absolute atomic E-state index is 4.61. The van der Waals surface area contributed by atoms with Crippen LogP contribution in [0.5, 0.6) is 0 Å². The van der Waals surface area contributed by atoms with Gasteiger partial charge < -0.3 is 5.32 Å². The second-order valence-electron chi connectivity index (χ2n) is 5.48. The van der Waals surface area contributed by atoms with E-state index in [-0.39, 0.29) is 0 Å². The molecule has 4 heteroatoms. The molecule has 0 aromatic carbocycles. The molecule has 1 aliphatic rings. The van der Waals surface area contributed by atoms with Crippen molar-refractivity contribution < 1.29 is 0 Å². The Morgan fingerprint density at radius 2 is 2.00 bits per heavy atom. The molecule has 3 rings (SSSR count). The minimum absolute atomic E-state index is 0.782. The smallest absolute Gasteiger partial charge is 0.0755 e. The SMILES string of the molecule is Cc1nn(Cc2ccc(CNC3CC3)s2)c(C)c1C. The zero-order valence-corrected chi connectivity index (χ0v) is 12.7. The van der Waals surface area contributed by atoms with E-state index < -0.39 is 0 Å². The van der Waals surface area contributed by atoms with Gasteiger partial charge in [-0.05, 0) is 51.3 Å². The molecule has 0 atom stereocenters. The van der Waals surface area contributed by atoms with E-state index in [4.69, 9.17) is 0 Å². The van der Waals surface area contributed by atoms with Gasteiger partial charge in [-0.15, -0.1) is 11.3 Å². The maximum atomic E-state index is 4.61. The highest BCUT2D eigenvalue weighted by Gasteiger charge is 2.20. The summed E-state index contributed by atoms with van der Waals surface area (Å²) < 4.78 is 2.12. The van der Waals surface area contributed by atoms with Gasteiger partial charge in [-0.2, -0.15) is 5.10 Å². The van der Waals surface area contributed by atoms with Crippen LogP contribution in [0.4, 0.5) is 0 Å². The number of aromatic nitrogens is 2. The van der Waals surface area contributed by atoms with Gasteiger partial charge in [0, 0.05) is 28.0 Å². The molecule has 0 amide bonds. The molecule has 3 nitrogen and oxygen atoms in total. The summed E-state index contributed by atoms with van der Waals surface area (Å²) in [4.78, 5) is 2.82. The summed E-state index contributed by atoms with van der Waals surface area (Å²) in [5, 5.41) is 8.17. The van der Waals surface area contributed by atoms with Crippen molar-refractivity contribution in [3.05, 3.63) is 38.8 Å². The van der Waals surface area contributed by atoms with Crippen molar-refractivity contribution in [3.63, 3.8) is 0 Å². The number of rotatable bonds is 5. The third-order valence-corrected chi connectivity index (χ3v) is 4.98. The number of aryl methyl sites for hydroxylation is 1. The molecular formula is C15H21N3S. The predicted octanol–water partition coefficient (Wildman–Crippen LogP) is 3.17. The average molecular weight is 275 g/mol. The molecule has 2 aromatic heterocycles. The lowest BCUT2D eigenvalue weighted by Gasteiger charge is -2.02. The molecule has 0 aliphatic heterocycles. The number of nitrogens with zero attached hydrogens (tertiary/aromatic N) is 2. The van der Waals surface area contributed by atoms with E-state index in [1.54, 1.807) is 0 Å². The molecule has 0 spiro atoms. The summed E-state index contributed by atoms with van der Waals surface area (Å²) in [6.45, 7) is 8.30. The minimum atomic E-state index is 0.782. The van der Waals surface area contributed by atoms with E-state index in [0.717, 1.165) is 24.8 Å². The van der Waals surface area contributed by atoms with Crippen LogP contribution in [-0.4, -0.2) is 15.8 Å². The Bertz CT molecular complexity index is 578. The van der Waals surface area contributed by atoms with Gasteiger partial charge in [-0.1, -0.05) is 0 Å². The van der Waals surface area contributed by atoms with Gasteiger partial charge >= 0.3 is 0 Å². The lowest BCUT2D eigenvalue weighted by molar-refractivity contribution is 0.665. The quantitative estimate of drug-likeness (QED) is 0.908. The molecule has 19 heavy (non-hydrogen) atoms. The standard InChI is InChI=1S/C15H21N3S/c1-10-11(2)17-18(12(10)3)9-15-7-6-14(19-15)8-16-13-4-5-13/h6-7,13,16H,4-5,8-9H2,1-3H3. The monoisotopic (exact) mass is 275 g/mol. The summed E-state index contributed by atoms with van der Waals surface area (Å²) in [6, 6.07) is 5.26. The fraction of sp³-hybridized carbons (Fsp3) is 0.533. The molecule has 1 fully saturated rings. The minimum Gasteiger partial charge on any atom is -0.309 e. The Morgan fingerprint density at radius 3 is 2.63 bits per heavy atom. The van der Waals surface area contributed by atoms with Crippen molar-refractivity contribution in [3.8, 4) is 0 Å². The zero-order chi connectivity index (χ0) is 13.4. The number of thiophene rings is 1. The van der Waals surface area contributed by atoms with Crippen LogP contribution < -0.4 is 5.32 Å². The fourth-order valence-electron chi connectivity index (χ4n) is 2.22. The van der Waals surface area contributed by atoms with Crippen molar-refractivity contribution in [1.29, 1.82) is 0 Å². The zero-order valence-electron chi connectivity index (χ0n) is 11.9. The van der Waals surface area contributed by atoms with Crippen LogP contribution in [-0.2, 0) is 13.1 Å². The summed E-state index contributed by atoms with van der Waals surface area (Å²) in [6.07, 6.45) is 2.70. The van der Waals surface area contributed by atoms with Gasteiger partial charge in [0.25, 0.3) is 0 Å². The van der Waals surface area contributed by atoms with Gasteiger partial charge in [0.2, 0.25) is 0 Å². The van der Waals surface area contributed by atoms with Gasteiger partial charge in [0.05, 0.1) is 12.2 Å². The number of nitrogens with one attached hydrogen (secondary N) is 1. The summed E-state index contributed by atoms with van der Waals surface area (Å²) >= 11 is 1.90. The summed E-state index contributed by atoms with van der Waals surface area (Å²) in [5.74, 6) is 0. The molecule has 102 valence electrons. The van der Waals surface area contributed by atoms with Crippen LogP contribution in [0.25, 0.3) is 0 Å². The van der Waals surface area contributed by atoms with E-state index in [0.29, 0.717) is 0 Å². The molecule has 1 saturated carbocycles. The Labute approximate surface area is 118 Å². The Morgan fingerprint density at radius 1 is 1.26 bits per heavy atom. The second-order valence-corrected chi connectivity index (χ2v) is 6.73. The predicted molar refractivity (Wildman–Crippen MR) is 79.7 cm³/mol. The average Bonchev–Trinajstić information content (AvgIpc) is 3.08. The summed E-state index contributed by atoms with van der Waals surface area (Å²) in [5.41, 5.74) is 3.74. The molecular weight excluding hydrogens is 254 g/mol. The lowest BCUT2D eigenvalue weighted by atomic mass is 10.2. The van der Waals surface area contributed by atoms with E-state index >= 15 is 0 Å². The van der Waals surface area contributed by atoms with Crippen LogP contribution in [0.15, 0.2) is 12.1 Å². The number of hydrogen-bond donors (Lipinski definition) is 1. The summed E-state index contributed by atoms with van der Waals surface area (Å²) in [7, 11) is 0. The molecule has 1 aliphatic carbocycles. The molecule has 0 bridgehead atoms. The van der Waals surface area contributed by atoms with E-state index in [1.165, 1.54) is 33.9 Å². The number of hydrogen-bond acceptors (Lipinski definition) is 3. The van der Waals surface area contributed by atoms with E-state index in [1.807, 2.05) is 11.3 Å². The van der Waals surface area contributed by atoms with Crippen molar-refractivity contribution in [2.75, 3.05) is 0 Å². The van der Waals surface area contributed by atoms with E-state index in [2.05, 4.69) is 48.0 Å². The Kier molecular flexibility index (Phi) is 3.46. The van der Waals surface area contributed by atoms with Crippen LogP contribution in [0.2, 0.25) is 0 Å². The Hall–Kier alpha value is -1.13. The van der Waals surface area contributed by atoms with Crippen molar-refractivity contribution in [2.45, 2.75) is 52.7 Å². The third kappa shape index (κ3) is 2.90. The highest BCUT2D eigenvalue weighted by Crippen LogP contribution is 2.23. The highest BCUT2D eigenvalue weighted by atomic mass is 32.1. The van der Waals surface area contributed by atoms with Gasteiger partial charge in [0.15, 0.2) is 0 Å². The first-order valence-corrected chi connectivity index (χ1v) is 7.76. The van der Waals surface area contributed by atoms with Crippen LogP contribution in [0, 0.1) is 20.8 Å². The van der Waals surface area contributed by atoms with Crippen LogP contribution >= 0.6 is 11.3 Å². The molecule has 1 N–H and O–H groups in total. The molecule has 0 unspecified atom stereocenters. The van der Waals surface area contributed by atoms with Gasteiger partial charge in [-0.25, -0.2) is 0 Å². The van der Waals surface area contributed by atoms with Crippen molar-refractivity contribution in [1.82, 2.24) is 15.1 Å². The molecule has 2 heterocycles. The Balaban J connectivity index is 1.66. The van der Waals surface area contributed by atoms with E-state index in [9.17, 15) is 0 Å². The lowest BCUT2D eigenvalue weighted by Crippen LogP contribution is -2.14. The van der Waals surface area contributed by atoms with Crippen molar-refractivity contribution >= 4 is 11.3 Å². The fourth-order valence-corrected chi connectivity index (χ4v) is 3.17. The largest absolute Gasteiger partial charge is 0.309 e. The second kappa shape index (κ2) is 5.10. The first-order chi connectivity index (χ1) is 9.13. The highest BCUT2D eigenvalue weighted by molar-refractivity contribution is 7.11. The normalized spacial score (nSPS) is 15.1. The van der Waals surface area contributed by atoms with Crippen LogP contribution in [0.3, 0.4) is 0 Å². The third-order valence-electron chi connectivity index (χ3n) is 3.91. The molecule has 0 saturated heterocycles. The van der Waals surface area contributed by atoms with Gasteiger partial charge in [-0.3, -0.25) is 4.68 Å². The molecule has 0 radical (unpaired) electrons. The first-order valence-electron chi connectivity index (χ1n) is 6.95.